The minimum Gasteiger partial charge on any atom is -0.300 e. The molecule has 0 unspecified atom stereocenters. The second-order valence-electron chi connectivity index (χ2n) is 2.40. The Balaban J connectivity index is 3.34. The number of carbonyl (C=O) groups is 1. The number of ketones is 1. The minimum atomic E-state index is -0.461. The van der Waals surface area contributed by atoms with Gasteiger partial charge in [0.2, 0.25) is 0 Å². The van der Waals surface area contributed by atoms with Gasteiger partial charge in [0.25, 0.3) is 0 Å². The number of Topliss-reactive ketones (excluding diaryl/α,β-unsaturated/α-hetero) is 1. The van der Waals surface area contributed by atoms with E-state index < -0.39 is 9.67 Å². The van der Waals surface area contributed by atoms with Crippen molar-refractivity contribution in [1.82, 2.24) is 0 Å². The van der Waals surface area contributed by atoms with Crippen molar-refractivity contribution in [3.05, 3.63) is 0 Å². The summed E-state index contributed by atoms with van der Waals surface area (Å²) in [5.74, 6) is 0.104. The highest BCUT2D eigenvalue weighted by Crippen LogP contribution is 2.14. The van der Waals surface area contributed by atoms with Crippen LogP contribution < -0.4 is 0 Å². The fraction of sp³-hybridized carbons (Fsp3) is 0.857. The Labute approximate surface area is 92.3 Å². The molecule has 0 radical (unpaired) electrons. The van der Waals surface area contributed by atoms with E-state index in [0.717, 1.165) is 0 Å². The van der Waals surface area contributed by atoms with E-state index in [9.17, 15) is 4.79 Å². The summed E-state index contributed by atoms with van der Waals surface area (Å²) in [4.78, 5) is 10.1. The predicted octanol–water partition coefficient (Wildman–Crippen LogP) is 3.72. The molecule has 0 aliphatic carbocycles. The van der Waals surface area contributed by atoms with Crippen LogP contribution in [0.3, 0.4) is 0 Å². The minimum absolute atomic E-state index is 0.104. The van der Waals surface area contributed by atoms with E-state index in [1.165, 1.54) is 0 Å². The van der Waals surface area contributed by atoms with Gasteiger partial charge in [-0.2, -0.15) is 0 Å². The zero-order valence-electron chi connectivity index (χ0n) is 6.40. The summed E-state index contributed by atoms with van der Waals surface area (Å²) in [5, 5.41) is 0. The van der Waals surface area contributed by atoms with E-state index in [0.29, 0.717) is 25.7 Å². The van der Waals surface area contributed by atoms with Gasteiger partial charge in [0.1, 0.15) is 15.5 Å². The highest BCUT2D eigenvalue weighted by atomic mass is 35.5. The summed E-state index contributed by atoms with van der Waals surface area (Å²) in [6, 6.07) is 0. The van der Waals surface area contributed by atoms with Gasteiger partial charge in [0.05, 0.1) is 0 Å². The van der Waals surface area contributed by atoms with Crippen molar-refractivity contribution < 1.29 is 4.79 Å². The van der Waals surface area contributed by atoms with Crippen LogP contribution in [-0.4, -0.2) is 15.5 Å². The molecule has 5 heteroatoms. The van der Waals surface area contributed by atoms with Crippen molar-refractivity contribution in [3.8, 4) is 0 Å². The average molecular weight is 252 g/mol. The fourth-order valence-corrected chi connectivity index (χ4v) is 1.10. The molecule has 0 spiro atoms. The topological polar surface area (TPSA) is 17.1 Å². The molecule has 0 aliphatic heterocycles. The van der Waals surface area contributed by atoms with E-state index in [2.05, 4.69) is 0 Å². The third kappa shape index (κ3) is 8.92. The lowest BCUT2D eigenvalue weighted by Gasteiger charge is -2.01. The van der Waals surface area contributed by atoms with Gasteiger partial charge in [-0.05, 0) is 12.8 Å². The molecule has 12 heavy (non-hydrogen) atoms. The maximum absolute atomic E-state index is 11.0. The van der Waals surface area contributed by atoms with Crippen molar-refractivity contribution in [1.29, 1.82) is 0 Å². The Hall–Kier alpha value is 0.830. The molecular formula is C7H10Cl4O. The molecule has 0 heterocycles. The van der Waals surface area contributed by atoms with E-state index in [1.54, 1.807) is 0 Å². The van der Waals surface area contributed by atoms with Crippen LogP contribution in [0.25, 0.3) is 0 Å². The SMILES string of the molecule is O=C(CCC(Cl)Cl)CCC(Cl)Cl. The third-order valence-electron chi connectivity index (χ3n) is 1.28. The van der Waals surface area contributed by atoms with Gasteiger partial charge in [0.15, 0.2) is 0 Å². The fourth-order valence-electron chi connectivity index (χ4n) is 0.665. The highest BCUT2D eigenvalue weighted by Gasteiger charge is 2.07. The van der Waals surface area contributed by atoms with E-state index >= 15 is 0 Å². The monoisotopic (exact) mass is 250 g/mol. The number of carbonyl (C=O) groups excluding carboxylic acids is 1. The van der Waals surface area contributed by atoms with Crippen LogP contribution in [0.4, 0.5) is 0 Å². The average Bonchev–Trinajstić information content (AvgIpc) is 1.96. The molecule has 0 atom stereocenters. The Morgan fingerprint density at radius 2 is 1.25 bits per heavy atom. The third-order valence-corrected chi connectivity index (χ3v) is 2.16. The van der Waals surface area contributed by atoms with Gasteiger partial charge in [-0.1, -0.05) is 0 Å². The molecule has 1 nitrogen and oxygen atoms in total. The summed E-state index contributed by atoms with van der Waals surface area (Å²) in [7, 11) is 0. The number of halogens is 4. The number of alkyl halides is 4. The summed E-state index contributed by atoms with van der Waals surface area (Å²) in [5.41, 5.74) is 0. The number of hydrogen-bond acceptors (Lipinski definition) is 1. The molecule has 0 aromatic rings. The Morgan fingerprint density at radius 3 is 1.50 bits per heavy atom. The van der Waals surface area contributed by atoms with Crippen LogP contribution in [0.5, 0.6) is 0 Å². The summed E-state index contributed by atoms with van der Waals surface area (Å²) in [6.07, 6.45) is 1.80. The van der Waals surface area contributed by atoms with Crippen LogP contribution in [0.15, 0.2) is 0 Å². The molecule has 0 fully saturated rings. The maximum Gasteiger partial charge on any atom is 0.133 e. The van der Waals surface area contributed by atoms with Crippen LogP contribution in [-0.2, 0) is 4.79 Å². The van der Waals surface area contributed by atoms with Crippen LogP contribution in [0.2, 0.25) is 0 Å². The summed E-state index contributed by atoms with van der Waals surface area (Å²) in [6.45, 7) is 0. The number of rotatable bonds is 6. The van der Waals surface area contributed by atoms with Crippen molar-refractivity contribution in [2.24, 2.45) is 0 Å². The van der Waals surface area contributed by atoms with Crippen molar-refractivity contribution in [2.75, 3.05) is 0 Å². The van der Waals surface area contributed by atoms with Gasteiger partial charge < -0.3 is 0 Å². The van der Waals surface area contributed by atoms with Crippen molar-refractivity contribution in [2.45, 2.75) is 35.4 Å². The Bertz CT molecular complexity index is 121. The molecular weight excluding hydrogens is 242 g/mol. The first-order valence-corrected chi connectivity index (χ1v) is 5.35. The lowest BCUT2D eigenvalue weighted by Crippen LogP contribution is -2.02. The second-order valence-corrected chi connectivity index (χ2v) is 4.95. The lowest BCUT2D eigenvalue weighted by atomic mass is 10.1. The van der Waals surface area contributed by atoms with Crippen LogP contribution in [0, 0.1) is 0 Å². The van der Waals surface area contributed by atoms with Crippen molar-refractivity contribution >= 4 is 52.2 Å². The Kier molecular flexibility index (Phi) is 7.76. The van der Waals surface area contributed by atoms with Gasteiger partial charge in [-0.3, -0.25) is 4.79 Å². The molecule has 0 saturated carbocycles. The van der Waals surface area contributed by atoms with Gasteiger partial charge in [-0.15, -0.1) is 46.4 Å². The lowest BCUT2D eigenvalue weighted by molar-refractivity contribution is -0.119. The maximum atomic E-state index is 11.0. The molecule has 0 saturated heterocycles. The number of hydrogen-bond donors (Lipinski definition) is 0. The normalized spacial score (nSPS) is 11.2. The van der Waals surface area contributed by atoms with Gasteiger partial charge in [0, 0.05) is 12.8 Å². The summed E-state index contributed by atoms with van der Waals surface area (Å²) < 4.78 is 0. The standard InChI is InChI=1S/C7H10Cl4O/c8-6(9)3-1-5(12)2-4-7(10)11/h6-7H,1-4H2. The first-order chi connectivity index (χ1) is 5.52. The molecule has 0 aromatic heterocycles. The van der Waals surface area contributed by atoms with Gasteiger partial charge in [-0.25, -0.2) is 0 Å². The molecule has 0 N–H and O–H groups in total. The molecule has 0 aromatic carbocycles. The zero-order chi connectivity index (χ0) is 9.56. The summed E-state index contributed by atoms with van der Waals surface area (Å²) >= 11 is 21.8. The van der Waals surface area contributed by atoms with Crippen molar-refractivity contribution in [3.63, 3.8) is 0 Å². The largest absolute Gasteiger partial charge is 0.300 e. The second kappa shape index (κ2) is 7.25. The molecule has 72 valence electrons. The predicted molar refractivity (Wildman–Crippen MR) is 54.5 cm³/mol. The zero-order valence-corrected chi connectivity index (χ0v) is 9.43. The first-order valence-electron chi connectivity index (χ1n) is 3.60. The van der Waals surface area contributed by atoms with Crippen LogP contribution in [0.1, 0.15) is 25.7 Å². The molecule has 0 bridgehead atoms. The van der Waals surface area contributed by atoms with E-state index in [1.807, 2.05) is 0 Å². The highest BCUT2D eigenvalue weighted by molar-refractivity contribution is 6.44. The Morgan fingerprint density at radius 1 is 0.917 bits per heavy atom. The molecule has 0 amide bonds. The first kappa shape index (κ1) is 12.8. The van der Waals surface area contributed by atoms with Gasteiger partial charge >= 0.3 is 0 Å². The van der Waals surface area contributed by atoms with Crippen LogP contribution >= 0.6 is 46.4 Å². The van der Waals surface area contributed by atoms with E-state index in [4.69, 9.17) is 46.4 Å². The van der Waals surface area contributed by atoms with E-state index in [-0.39, 0.29) is 5.78 Å². The molecule has 0 rings (SSSR count). The smallest absolute Gasteiger partial charge is 0.133 e. The quantitative estimate of drug-likeness (QED) is 0.658. The molecule has 0 aliphatic rings.